The number of nitrogens with zero attached hydrogens (tertiary/aromatic N) is 2. The summed E-state index contributed by atoms with van der Waals surface area (Å²) in [5.74, 6) is 1.34. The van der Waals surface area contributed by atoms with E-state index in [1.54, 1.807) is 0 Å². The van der Waals surface area contributed by atoms with Gasteiger partial charge in [-0.2, -0.15) is 0 Å². The van der Waals surface area contributed by atoms with Gasteiger partial charge in [0, 0.05) is 19.6 Å². The summed E-state index contributed by atoms with van der Waals surface area (Å²) in [6.07, 6.45) is 1.57. The third kappa shape index (κ3) is 2.57. The Labute approximate surface area is 106 Å². The molecule has 5 nitrogen and oxygen atoms in total. The maximum Gasteiger partial charge on any atom is 0.257 e. The van der Waals surface area contributed by atoms with E-state index in [4.69, 9.17) is 9.47 Å². The molecule has 0 unspecified atom stereocenters. The van der Waals surface area contributed by atoms with Gasteiger partial charge in [0.25, 0.3) is 5.88 Å². The topological polar surface area (TPSA) is 54.8 Å². The molecule has 3 rings (SSSR count). The van der Waals surface area contributed by atoms with Crippen LogP contribution in [0.1, 0.15) is 18.5 Å². The molecule has 1 N–H and O–H groups in total. The van der Waals surface area contributed by atoms with Crippen molar-refractivity contribution in [2.24, 2.45) is 0 Å². The van der Waals surface area contributed by atoms with Crippen molar-refractivity contribution >= 4 is 0 Å². The Bertz CT molecular complexity index is 417. The zero-order valence-corrected chi connectivity index (χ0v) is 10.3. The summed E-state index contributed by atoms with van der Waals surface area (Å²) in [6, 6.07) is 3.91. The van der Waals surface area contributed by atoms with Gasteiger partial charge in [0.05, 0.1) is 11.8 Å². The predicted molar refractivity (Wildman–Crippen MR) is 65.7 cm³/mol. The zero-order chi connectivity index (χ0) is 12.4. The number of aromatic nitrogens is 1. The van der Waals surface area contributed by atoms with Crippen LogP contribution in [-0.2, 0) is 6.54 Å². The molecule has 0 radical (unpaired) electrons. The normalized spacial score (nSPS) is 20.9. The Morgan fingerprint density at radius 1 is 1.22 bits per heavy atom. The molecule has 98 valence electrons. The van der Waals surface area contributed by atoms with E-state index in [9.17, 15) is 5.11 Å². The van der Waals surface area contributed by atoms with Crippen LogP contribution in [0.3, 0.4) is 0 Å². The van der Waals surface area contributed by atoms with E-state index >= 15 is 0 Å². The van der Waals surface area contributed by atoms with Crippen LogP contribution >= 0.6 is 0 Å². The highest BCUT2D eigenvalue weighted by molar-refractivity contribution is 5.35. The van der Waals surface area contributed by atoms with Crippen molar-refractivity contribution in [3.05, 3.63) is 17.8 Å². The average Bonchev–Trinajstić information content (AvgIpc) is 2.41. The van der Waals surface area contributed by atoms with Gasteiger partial charge in [0.2, 0.25) is 0 Å². The first-order chi connectivity index (χ1) is 8.81. The number of piperidine rings is 1. The second kappa shape index (κ2) is 5.12. The Morgan fingerprint density at radius 3 is 2.83 bits per heavy atom. The number of hydrogen-bond donors (Lipinski definition) is 1. The van der Waals surface area contributed by atoms with Gasteiger partial charge in [-0.3, -0.25) is 4.90 Å². The minimum absolute atomic E-state index is 0.130. The van der Waals surface area contributed by atoms with Gasteiger partial charge in [0.15, 0.2) is 5.75 Å². The number of ether oxygens (including phenoxy) is 2. The molecule has 1 aromatic rings. The number of hydrogen-bond acceptors (Lipinski definition) is 5. The molecule has 0 saturated carbocycles. The van der Waals surface area contributed by atoms with Crippen LogP contribution in [0.15, 0.2) is 12.1 Å². The highest BCUT2D eigenvalue weighted by atomic mass is 16.6. The average molecular weight is 250 g/mol. The third-order valence-electron chi connectivity index (χ3n) is 3.41. The zero-order valence-electron chi connectivity index (χ0n) is 10.3. The van der Waals surface area contributed by atoms with E-state index in [-0.39, 0.29) is 6.10 Å². The fraction of sp³-hybridized carbons (Fsp3) is 0.615. The molecular weight excluding hydrogens is 232 g/mol. The summed E-state index contributed by atoms with van der Waals surface area (Å²) >= 11 is 0. The Morgan fingerprint density at radius 2 is 2.00 bits per heavy atom. The van der Waals surface area contributed by atoms with Gasteiger partial charge in [-0.15, -0.1) is 0 Å². The third-order valence-corrected chi connectivity index (χ3v) is 3.41. The van der Waals surface area contributed by atoms with Crippen LogP contribution in [0.5, 0.6) is 11.6 Å². The first-order valence-corrected chi connectivity index (χ1v) is 6.47. The monoisotopic (exact) mass is 250 g/mol. The minimum atomic E-state index is -0.130. The number of fused-ring (bicyclic) bond motifs is 1. The number of pyridine rings is 1. The van der Waals surface area contributed by atoms with Crippen molar-refractivity contribution in [2.75, 3.05) is 26.3 Å². The highest BCUT2D eigenvalue weighted by Crippen LogP contribution is 2.28. The summed E-state index contributed by atoms with van der Waals surface area (Å²) in [6.45, 7) is 3.83. The van der Waals surface area contributed by atoms with E-state index in [1.807, 2.05) is 12.1 Å². The number of aliphatic hydroxyl groups excluding tert-OH is 1. The Kier molecular flexibility index (Phi) is 3.34. The number of likely N-dealkylation sites (tertiary alicyclic amines) is 1. The molecule has 1 aromatic heterocycles. The first-order valence-electron chi connectivity index (χ1n) is 6.47. The SMILES string of the molecule is OC1CCN(Cc2ccc3c(n2)OCCO3)CC1. The predicted octanol–water partition coefficient (Wildman–Crippen LogP) is 0.810. The smallest absolute Gasteiger partial charge is 0.257 e. The highest BCUT2D eigenvalue weighted by Gasteiger charge is 2.19. The van der Waals surface area contributed by atoms with Crippen molar-refractivity contribution in [2.45, 2.75) is 25.5 Å². The molecule has 3 heterocycles. The maximum atomic E-state index is 9.47. The summed E-state index contributed by atoms with van der Waals surface area (Å²) < 4.78 is 10.9. The van der Waals surface area contributed by atoms with Crippen LogP contribution in [0.25, 0.3) is 0 Å². The second-order valence-corrected chi connectivity index (χ2v) is 4.81. The van der Waals surface area contributed by atoms with E-state index in [1.165, 1.54) is 0 Å². The fourth-order valence-electron chi connectivity index (χ4n) is 2.36. The largest absolute Gasteiger partial charge is 0.484 e. The second-order valence-electron chi connectivity index (χ2n) is 4.81. The molecule has 2 aliphatic rings. The molecule has 18 heavy (non-hydrogen) atoms. The molecule has 1 saturated heterocycles. The van der Waals surface area contributed by atoms with Crippen LogP contribution < -0.4 is 9.47 Å². The van der Waals surface area contributed by atoms with E-state index in [2.05, 4.69) is 9.88 Å². The molecule has 0 aromatic carbocycles. The molecule has 5 heteroatoms. The summed E-state index contributed by atoms with van der Waals surface area (Å²) in [4.78, 5) is 6.79. The van der Waals surface area contributed by atoms with Gasteiger partial charge < -0.3 is 14.6 Å². The van der Waals surface area contributed by atoms with Gasteiger partial charge in [-0.25, -0.2) is 4.98 Å². The summed E-state index contributed by atoms with van der Waals surface area (Å²) in [7, 11) is 0. The summed E-state index contributed by atoms with van der Waals surface area (Å²) in [5, 5.41) is 9.47. The quantitative estimate of drug-likeness (QED) is 0.841. The minimum Gasteiger partial charge on any atom is -0.484 e. The standard InChI is InChI=1S/C13H18N2O3/c16-11-3-5-15(6-4-11)9-10-1-2-12-13(14-10)18-8-7-17-12/h1-2,11,16H,3-9H2. The van der Waals surface area contributed by atoms with E-state index in [0.717, 1.165) is 43.9 Å². The molecule has 0 bridgehead atoms. The molecule has 2 aliphatic heterocycles. The van der Waals surface area contributed by atoms with Gasteiger partial charge in [-0.1, -0.05) is 0 Å². The van der Waals surface area contributed by atoms with E-state index < -0.39 is 0 Å². The lowest BCUT2D eigenvalue weighted by atomic mass is 10.1. The fourth-order valence-corrected chi connectivity index (χ4v) is 2.36. The number of aliphatic hydroxyl groups is 1. The molecule has 0 amide bonds. The van der Waals surface area contributed by atoms with Gasteiger partial charge in [0.1, 0.15) is 13.2 Å². The first kappa shape index (κ1) is 11.7. The molecular formula is C13H18N2O3. The van der Waals surface area contributed by atoms with Crippen LogP contribution in [0, 0.1) is 0 Å². The molecule has 0 aliphatic carbocycles. The van der Waals surface area contributed by atoms with E-state index in [0.29, 0.717) is 19.1 Å². The Hall–Kier alpha value is -1.33. The van der Waals surface area contributed by atoms with Crippen molar-refractivity contribution in [1.82, 2.24) is 9.88 Å². The molecule has 1 fully saturated rings. The van der Waals surface area contributed by atoms with Crippen molar-refractivity contribution in [3.63, 3.8) is 0 Å². The van der Waals surface area contributed by atoms with Crippen LogP contribution in [0.2, 0.25) is 0 Å². The summed E-state index contributed by atoms with van der Waals surface area (Å²) in [5.41, 5.74) is 0.996. The lowest BCUT2D eigenvalue weighted by Gasteiger charge is -2.29. The maximum absolute atomic E-state index is 9.47. The van der Waals surface area contributed by atoms with Crippen molar-refractivity contribution in [1.29, 1.82) is 0 Å². The van der Waals surface area contributed by atoms with Gasteiger partial charge >= 0.3 is 0 Å². The van der Waals surface area contributed by atoms with Crippen LogP contribution in [0.4, 0.5) is 0 Å². The lowest BCUT2D eigenvalue weighted by molar-refractivity contribution is 0.0783. The lowest BCUT2D eigenvalue weighted by Crippen LogP contribution is -2.35. The number of rotatable bonds is 2. The van der Waals surface area contributed by atoms with Crippen molar-refractivity contribution in [3.8, 4) is 11.6 Å². The molecule has 0 spiro atoms. The Balaban J connectivity index is 1.66. The van der Waals surface area contributed by atoms with Crippen LogP contribution in [-0.4, -0.2) is 47.4 Å². The van der Waals surface area contributed by atoms with Crippen molar-refractivity contribution < 1.29 is 14.6 Å². The van der Waals surface area contributed by atoms with Gasteiger partial charge in [-0.05, 0) is 25.0 Å². The molecule has 0 atom stereocenters.